The SMILES string of the molecule is CCOC(=O)CC(C)(NC(=O)Nc1cc(OC)c(Cl)cc1OC)C(C)C. The minimum Gasteiger partial charge on any atom is -0.495 e. The van der Waals surface area contributed by atoms with Gasteiger partial charge in [0.15, 0.2) is 0 Å². The van der Waals surface area contributed by atoms with Crippen molar-refractivity contribution in [3.8, 4) is 11.5 Å². The minimum atomic E-state index is -0.778. The molecule has 0 aliphatic heterocycles. The van der Waals surface area contributed by atoms with E-state index >= 15 is 0 Å². The highest BCUT2D eigenvalue weighted by atomic mass is 35.5. The molecule has 2 N–H and O–H groups in total. The van der Waals surface area contributed by atoms with Gasteiger partial charge >= 0.3 is 12.0 Å². The van der Waals surface area contributed by atoms with Crippen LogP contribution < -0.4 is 20.1 Å². The third kappa shape index (κ3) is 5.69. The number of carbonyl (C=O) groups is 2. The number of rotatable bonds is 8. The van der Waals surface area contributed by atoms with Crippen LogP contribution in [0.2, 0.25) is 5.02 Å². The molecule has 0 radical (unpaired) electrons. The Kier molecular flexibility index (Phi) is 8.02. The van der Waals surface area contributed by atoms with Gasteiger partial charge in [-0.05, 0) is 19.8 Å². The molecule has 1 aromatic rings. The van der Waals surface area contributed by atoms with Crippen molar-refractivity contribution in [1.29, 1.82) is 0 Å². The van der Waals surface area contributed by atoms with E-state index in [0.717, 1.165) is 0 Å². The number of anilines is 1. The van der Waals surface area contributed by atoms with E-state index in [1.807, 2.05) is 13.8 Å². The molecule has 1 aromatic carbocycles. The number of urea groups is 1. The van der Waals surface area contributed by atoms with Gasteiger partial charge < -0.3 is 24.8 Å². The molecule has 0 aliphatic rings. The van der Waals surface area contributed by atoms with E-state index in [9.17, 15) is 9.59 Å². The lowest BCUT2D eigenvalue weighted by Gasteiger charge is -2.34. The molecule has 0 saturated carbocycles. The van der Waals surface area contributed by atoms with Crippen LogP contribution in [0.3, 0.4) is 0 Å². The van der Waals surface area contributed by atoms with E-state index in [2.05, 4.69) is 10.6 Å². The Morgan fingerprint density at radius 3 is 2.31 bits per heavy atom. The van der Waals surface area contributed by atoms with Gasteiger partial charge in [0.1, 0.15) is 11.5 Å². The summed E-state index contributed by atoms with van der Waals surface area (Å²) in [5.41, 5.74) is -0.381. The molecule has 0 fully saturated rings. The van der Waals surface area contributed by atoms with E-state index in [4.69, 9.17) is 25.8 Å². The van der Waals surface area contributed by atoms with Crippen LogP contribution in [0.1, 0.15) is 34.1 Å². The van der Waals surface area contributed by atoms with E-state index in [0.29, 0.717) is 28.8 Å². The van der Waals surface area contributed by atoms with Gasteiger partial charge in [0.25, 0.3) is 0 Å². The van der Waals surface area contributed by atoms with E-state index < -0.39 is 11.6 Å². The van der Waals surface area contributed by atoms with Crippen LogP contribution in [-0.4, -0.2) is 38.4 Å². The predicted octanol–water partition coefficient (Wildman–Crippen LogP) is 3.85. The summed E-state index contributed by atoms with van der Waals surface area (Å²) in [5.74, 6) is 0.428. The van der Waals surface area contributed by atoms with Crippen LogP contribution in [0.4, 0.5) is 10.5 Å². The largest absolute Gasteiger partial charge is 0.495 e. The van der Waals surface area contributed by atoms with Crippen molar-refractivity contribution in [3.63, 3.8) is 0 Å². The van der Waals surface area contributed by atoms with Gasteiger partial charge in [-0.15, -0.1) is 0 Å². The molecule has 0 aliphatic carbocycles. The number of hydrogen-bond donors (Lipinski definition) is 2. The quantitative estimate of drug-likeness (QED) is 0.663. The fourth-order valence-corrected chi connectivity index (χ4v) is 2.51. The first-order valence-corrected chi connectivity index (χ1v) is 8.71. The number of methoxy groups -OCH3 is 2. The fraction of sp³-hybridized carbons (Fsp3) is 0.556. The molecule has 2 amide bonds. The zero-order valence-electron chi connectivity index (χ0n) is 16.1. The first-order valence-electron chi connectivity index (χ1n) is 8.33. The Balaban J connectivity index is 2.97. The fourth-order valence-electron chi connectivity index (χ4n) is 2.28. The molecule has 0 saturated heterocycles. The highest BCUT2D eigenvalue weighted by molar-refractivity contribution is 6.32. The van der Waals surface area contributed by atoms with Crippen molar-refractivity contribution in [2.24, 2.45) is 5.92 Å². The molecule has 7 nitrogen and oxygen atoms in total. The maximum absolute atomic E-state index is 12.5. The van der Waals surface area contributed by atoms with Crippen molar-refractivity contribution >= 4 is 29.3 Å². The molecule has 8 heteroatoms. The summed E-state index contributed by atoms with van der Waals surface area (Å²) in [4.78, 5) is 24.4. The van der Waals surface area contributed by atoms with Crippen molar-refractivity contribution < 1.29 is 23.8 Å². The van der Waals surface area contributed by atoms with Gasteiger partial charge in [-0.1, -0.05) is 25.4 Å². The van der Waals surface area contributed by atoms with E-state index in [1.165, 1.54) is 14.2 Å². The van der Waals surface area contributed by atoms with Gasteiger partial charge in [0.2, 0.25) is 0 Å². The lowest BCUT2D eigenvalue weighted by Crippen LogP contribution is -2.52. The van der Waals surface area contributed by atoms with Gasteiger partial charge in [0, 0.05) is 12.1 Å². The van der Waals surface area contributed by atoms with Crippen LogP contribution in [0.5, 0.6) is 11.5 Å². The second kappa shape index (κ2) is 9.52. The molecular weight excluding hydrogens is 360 g/mol. The smallest absolute Gasteiger partial charge is 0.319 e. The Morgan fingerprint density at radius 1 is 1.19 bits per heavy atom. The Hall–Kier alpha value is -2.15. The van der Waals surface area contributed by atoms with Crippen LogP contribution in [0.25, 0.3) is 0 Å². The zero-order valence-corrected chi connectivity index (χ0v) is 16.8. The average molecular weight is 387 g/mol. The lowest BCUT2D eigenvalue weighted by molar-refractivity contribution is -0.145. The molecule has 0 spiro atoms. The molecule has 0 bridgehead atoms. The number of halogens is 1. The number of esters is 1. The van der Waals surface area contributed by atoms with Crippen LogP contribution in [0, 0.1) is 5.92 Å². The zero-order chi connectivity index (χ0) is 19.9. The van der Waals surface area contributed by atoms with E-state index in [1.54, 1.807) is 26.0 Å². The second-order valence-corrected chi connectivity index (χ2v) is 6.73. The summed E-state index contributed by atoms with van der Waals surface area (Å²) >= 11 is 6.07. The molecule has 26 heavy (non-hydrogen) atoms. The molecule has 146 valence electrons. The molecule has 0 heterocycles. The van der Waals surface area contributed by atoms with Gasteiger partial charge in [-0.25, -0.2) is 4.79 Å². The number of hydrogen-bond acceptors (Lipinski definition) is 5. The molecular formula is C18H27ClN2O5. The summed E-state index contributed by atoms with van der Waals surface area (Å²) in [6.45, 7) is 7.68. The summed E-state index contributed by atoms with van der Waals surface area (Å²) in [6, 6.07) is 2.64. The second-order valence-electron chi connectivity index (χ2n) is 6.32. The van der Waals surface area contributed by atoms with Crippen molar-refractivity contribution in [1.82, 2.24) is 5.32 Å². The lowest BCUT2D eigenvalue weighted by atomic mass is 9.85. The third-order valence-corrected chi connectivity index (χ3v) is 4.51. The third-order valence-electron chi connectivity index (χ3n) is 4.21. The maximum Gasteiger partial charge on any atom is 0.319 e. The Bertz CT molecular complexity index is 651. The number of ether oxygens (including phenoxy) is 3. The summed E-state index contributed by atoms with van der Waals surface area (Å²) < 4.78 is 15.4. The van der Waals surface area contributed by atoms with Crippen molar-refractivity contribution in [2.75, 3.05) is 26.1 Å². The summed E-state index contributed by atoms with van der Waals surface area (Å²) in [7, 11) is 2.95. The van der Waals surface area contributed by atoms with Crippen molar-refractivity contribution in [3.05, 3.63) is 17.2 Å². The number of benzene rings is 1. The topological polar surface area (TPSA) is 85.9 Å². The number of carbonyl (C=O) groups excluding carboxylic acids is 2. The summed E-state index contributed by atoms with van der Waals surface area (Å²) in [5, 5.41) is 5.93. The molecule has 1 rings (SSSR count). The molecule has 1 atom stereocenters. The Morgan fingerprint density at radius 2 is 1.81 bits per heavy atom. The maximum atomic E-state index is 12.5. The standard InChI is InChI=1S/C18H27ClN2O5/c1-7-26-16(22)10-18(4,11(2)3)21-17(23)20-13-9-14(24-5)12(19)8-15(13)25-6/h8-9,11H,7,10H2,1-6H3,(H2,20,21,23). The average Bonchev–Trinajstić information content (AvgIpc) is 2.55. The van der Waals surface area contributed by atoms with Gasteiger partial charge in [-0.3, -0.25) is 4.79 Å². The van der Waals surface area contributed by atoms with E-state index in [-0.39, 0.29) is 18.3 Å². The van der Waals surface area contributed by atoms with Crippen LogP contribution in [0.15, 0.2) is 12.1 Å². The van der Waals surface area contributed by atoms with Gasteiger partial charge in [0.05, 0.1) is 43.5 Å². The summed E-state index contributed by atoms with van der Waals surface area (Å²) in [6.07, 6.45) is 0.0625. The number of nitrogens with one attached hydrogen (secondary N) is 2. The number of amides is 2. The molecule has 0 aromatic heterocycles. The first-order chi connectivity index (χ1) is 12.2. The van der Waals surface area contributed by atoms with Gasteiger partial charge in [-0.2, -0.15) is 0 Å². The monoisotopic (exact) mass is 386 g/mol. The highest BCUT2D eigenvalue weighted by Crippen LogP contribution is 2.36. The predicted molar refractivity (Wildman–Crippen MR) is 101 cm³/mol. The molecule has 1 unspecified atom stereocenters. The first kappa shape index (κ1) is 21.9. The van der Waals surface area contributed by atoms with Crippen LogP contribution in [-0.2, 0) is 9.53 Å². The van der Waals surface area contributed by atoms with Crippen molar-refractivity contribution in [2.45, 2.75) is 39.7 Å². The normalized spacial score (nSPS) is 12.9. The highest BCUT2D eigenvalue weighted by Gasteiger charge is 2.33. The Labute approximate surface area is 159 Å². The van der Waals surface area contributed by atoms with Crippen LogP contribution >= 0.6 is 11.6 Å². The minimum absolute atomic E-state index is 0.000643.